The first kappa shape index (κ1) is 22.9. The number of sulfonamides is 1. The number of nitrogens with one attached hydrogen (secondary N) is 1. The van der Waals surface area contributed by atoms with Crippen LogP contribution in [0.1, 0.15) is 34.6 Å². The van der Waals surface area contributed by atoms with Gasteiger partial charge in [0.05, 0.1) is 5.02 Å². The van der Waals surface area contributed by atoms with Gasteiger partial charge in [0.25, 0.3) is 11.8 Å². The summed E-state index contributed by atoms with van der Waals surface area (Å²) in [6.45, 7) is 4.04. The summed E-state index contributed by atoms with van der Waals surface area (Å²) in [5, 5.41) is 2.73. The van der Waals surface area contributed by atoms with Gasteiger partial charge in [-0.05, 0) is 36.4 Å². The zero-order chi connectivity index (χ0) is 21.8. The third kappa shape index (κ3) is 5.14. The van der Waals surface area contributed by atoms with Crippen LogP contribution in [0.15, 0.2) is 47.4 Å². The van der Waals surface area contributed by atoms with Crippen molar-refractivity contribution in [2.24, 2.45) is 0 Å². The van der Waals surface area contributed by atoms with E-state index < -0.39 is 15.9 Å². The molecular formula is C20H24ClN3O4S. The summed E-state index contributed by atoms with van der Waals surface area (Å²) in [7, 11) is -0.541. The average Bonchev–Trinajstić information content (AvgIpc) is 2.68. The van der Waals surface area contributed by atoms with Crippen molar-refractivity contribution in [2.45, 2.75) is 18.7 Å². The molecule has 0 unspecified atom stereocenters. The van der Waals surface area contributed by atoms with E-state index in [4.69, 9.17) is 11.6 Å². The average molecular weight is 438 g/mol. The quantitative estimate of drug-likeness (QED) is 0.719. The smallest absolute Gasteiger partial charge is 0.255 e. The van der Waals surface area contributed by atoms with Crippen LogP contribution in [-0.2, 0) is 10.0 Å². The number of nitrogens with zero attached hydrogens (tertiary/aromatic N) is 2. The molecule has 0 bridgehead atoms. The zero-order valence-electron chi connectivity index (χ0n) is 16.8. The van der Waals surface area contributed by atoms with Gasteiger partial charge < -0.3 is 10.2 Å². The Balaban J connectivity index is 2.34. The number of rotatable bonds is 7. The Kier molecular flexibility index (Phi) is 7.40. The van der Waals surface area contributed by atoms with Crippen LogP contribution in [0.5, 0.6) is 0 Å². The maximum absolute atomic E-state index is 12.8. The van der Waals surface area contributed by atoms with E-state index in [2.05, 4.69) is 5.32 Å². The number of anilines is 1. The highest BCUT2D eigenvalue weighted by atomic mass is 35.5. The number of hydrogen-bond donors (Lipinski definition) is 1. The van der Waals surface area contributed by atoms with Gasteiger partial charge in [-0.25, -0.2) is 8.42 Å². The second-order valence-corrected chi connectivity index (χ2v) is 8.78. The van der Waals surface area contributed by atoms with Gasteiger partial charge in [0.1, 0.15) is 4.90 Å². The summed E-state index contributed by atoms with van der Waals surface area (Å²) >= 11 is 6.11. The highest BCUT2D eigenvalue weighted by molar-refractivity contribution is 7.89. The van der Waals surface area contributed by atoms with E-state index in [9.17, 15) is 18.0 Å². The molecule has 156 valence electrons. The molecule has 0 aromatic heterocycles. The summed E-state index contributed by atoms with van der Waals surface area (Å²) in [5.41, 5.74) is 0.990. The lowest BCUT2D eigenvalue weighted by atomic mass is 10.1. The molecule has 0 saturated heterocycles. The molecule has 0 fully saturated rings. The number of halogens is 1. The van der Waals surface area contributed by atoms with E-state index in [1.54, 1.807) is 52.2 Å². The molecule has 2 aromatic rings. The molecule has 0 saturated carbocycles. The summed E-state index contributed by atoms with van der Waals surface area (Å²) < 4.78 is 26.9. The lowest BCUT2D eigenvalue weighted by Gasteiger charge is -2.19. The van der Waals surface area contributed by atoms with Crippen LogP contribution in [0.25, 0.3) is 0 Å². The Bertz CT molecular complexity index is 1020. The fourth-order valence-electron chi connectivity index (χ4n) is 2.74. The summed E-state index contributed by atoms with van der Waals surface area (Å²) in [5.74, 6) is -0.702. The summed E-state index contributed by atoms with van der Waals surface area (Å²) in [4.78, 5) is 26.1. The predicted molar refractivity (Wildman–Crippen MR) is 114 cm³/mol. The Morgan fingerprint density at radius 3 is 2.24 bits per heavy atom. The standard InChI is InChI=1S/C20H24ClN3O4S/c1-5-24(6-2)29(27,28)18-13-14(10-11-17(18)21)19(25)22-16-9-7-8-15(12-16)20(26)23(3)4/h7-13H,5-6H2,1-4H3,(H,22,25). The van der Waals surface area contributed by atoms with Crippen molar-refractivity contribution in [3.05, 3.63) is 58.6 Å². The number of carbonyl (C=O) groups excluding carboxylic acids is 2. The van der Waals surface area contributed by atoms with Crippen molar-refractivity contribution in [2.75, 3.05) is 32.5 Å². The molecule has 0 aliphatic rings. The Labute approximate surface area is 176 Å². The third-order valence-corrected chi connectivity index (χ3v) is 6.82. The molecule has 0 atom stereocenters. The zero-order valence-corrected chi connectivity index (χ0v) is 18.3. The molecule has 0 aliphatic carbocycles. The van der Waals surface area contributed by atoms with Gasteiger partial charge in [0.15, 0.2) is 0 Å². The van der Waals surface area contributed by atoms with Gasteiger partial charge >= 0.3 is 0 Å². The molecule has 0 aliphatic heterocycles. The molecule has 29 heavy (non-hydrogen) atoms. The highest BCUT2D eigenvalue weighted by Gasteiger charge is 2.25. The summed E-state index contributed by atoms with van der Waals surface area (Å²) in [6, 6.07) is 10.6. The maximum atomic E-state index is 12.8. The monoisotopic (exact) mass is 437 g/mol. The first-order valence-corrected chi connectivity index (χ1v) is 10.9. The number of amides is 2. The van der Waals surface area contributed by atoms with Crippen molar-refractivity contribution in [1.29, 1.82) is 0 Å². The number of carbonyl (C=O) groups is 2. The van der Waals surface area contributed by atoms with Crippen LogP contribution in [0.4, 0.5) is 5.69 Å². The van der Waals surface area contributed by atoms with Gasteiger partial charge in [-0.2, -0.15) is 4.31 Å². The fraction of sp³-hybridized carbons (Fsp3) is 0.300. The SMILES string of the molecule is CCN(CC)S(=O)(=O)c1cc(C(=O)Nc2cccc(C(=O)N(C)C)c2)ccc1Cl. The molecule has 0 radical (unpaired) electrons. The normalized spacial score (nSPS) is 11.4. The first-order chi connectivity index (χ1) is 13.6. The largest absolute Gasteiger partial charge is 0.345 e. The van der Waals surface area contributed by atoms with E-state index in [0.717, 1.165) is 0 Å². The molecule has 0 spiro atoms. The minimum atomic E-state index is -3.82. The van der Waals surface area contributed by atoms with E-state index in [-0.39, 0.29) is 34.5 Å². The second kappa shape index (κ2) is 9.39. The molecule has 2 aromatic carbocycles. The molecule has 0 heterocycles. The van der Waals surface area contributed by atoms with E-state index >= 15 is 0 Å². The van der Waals surface area contributed by atoms with Gasteiger partial charge in [-0.3, -0.25) is 9.59 Å². The highest BCUT2D eigenvalue weighted by Crippen LogP contribution is 2.26. The molecule has 1 N–H and O–H groups in total. The Hall–Kier alpha value is -2.42. The van der Waals surface area contributed by atoms with E-state index in [1.165, 1.54) is 27.4 Å². The van der Waals surface area contributed by atoms with Crippen molar-refractivity contribution >= 4 is 39.1 Å². The van der Waals surface area contributed by atoms with E-state index in [0.29, 0.717) is 11.3 Å². The van der Waals surface area contributed by atoms with Crippen LogP contribution >= 0.6 is 11.6 Å². The first-order valence-electron chi connectivity index (χ1n) is 9.04. The Morgan fingerprint density at radius 1 is 1.00 bits per heavy atom. The van der Waals surface area contributed by atoms with Crippen molar-refractivity contribution < 1.29 is 18.0 Å². The van der Waals surface area contributed by atoms with Crippen LogP contribution in [0.3, 0.4) is 0 Å². The predicted octanol–water partition coefficient (Wildman–Crippen LogP) is 3.32. The Morgan fingerprint density at radius 2 is 1.66 bits per heavy atom. The fourth-order valence-corrected chi connectivity index (χ4v) is 4.69. The number of hydrogen-bond acceptors (Lipinski definition) is 4. The van der Waals surface area contributed by atoms with Crippen LogP contribution < -0.4 is 5.32 Å². The maximum Gasteiger partial charge on any atom is 0.255 e. The van der Waals surface area contributed by atoms with Gasteiger partial charge in [-0.1, -0.05) is 31.5 Å². The lowest BCUT2D eigenvalue weighted by molar-refractivity contribution is 0.0827. The minimum Gasteiger partial charge on any atom is -0.345 e. The van der Waals surface area contributed by atoms with Crippen LogP contribution in [0, 0.1) is 0 Å². The van der Waals surface area contributed by atoms with Crippen molar-refractivity contribution in [1.82, 2.24) is 9.21 Å². The molecule has 9 heteroatoms. The van der Waals surface area contributed by atoms with Crippen LogP contribution in [-0.4, -0.2) is 56.6 Å². The topological polar surface area (TPSA) is 86.8 Å². The van der Waals surface area contributed by atoms with Gasteiger partial charge in [-0.15, -0.1) is 0 Å². The number of benzene rings is 2. The van der Waals surface area contributed by atoms with Crippen molar-refractivity contribution in [3.63, 3.8) is 0 Å². The molecule has 2 rings (SSSR count). The van der Waals surface area contributed by atoms with E-state index in [1.807, 2.05) is 0 Å². The van der Waals surface area contributed by atoms with Crippen molar-refractivity contribution in [3.8, 4) is 0 Å². The lowest BCUT2D eigenvalue weighted by Crippen LogP contribution is -2.31. The second-order valence-electron chi connectivity index (χ2n) is 6.47. The minimum absolute atomic E-state index is 0.0482. The third-order valence-electron chi connectivity index (χ3n) is 4.29. The van der Waals surface area contributed by atoms with Gasteiger partial charge in [0.2, 0.25) is 10.0 Å². The summed E-state index contributed by atoms with van der Waals surface area (Å²) in [6.07, 6.45) is 0. The molecule has 7 nitrogen and oxygen atoms in total. The molecular weight excluding hydrogens is 414 g/mol. The van der Waals surface area contributed by atoms with Crippen LogP contribution in [0.2, 0.25) is 5.02 Å². The van der Waals surface area contributed by atoms with Gasteiger partial charge in [0, 0.05) is 44.0 Å². The molecule has 2 amide bonds.